The van der Waals surface area contributed by atoms with Crippen LogP contribution in [0.5, 0.6) is 11.5 Å². The van der Waals surface area contributed by atoms with Crippen LogP contribution in [0, 0.1) is 5.41 Å². The number of halogens is 1. The van der Waals surface area contributed by atoms with Gasteiger partial charge in [-0.1, -0.05) is 31.6 Å². The molecule has 0 radical (unpaired) electrons. The van der Waals surface area contributed by atoms with Crippen LogP contribution in [0.4, 0.5) is 10.1 Å². The Morgan fingerprint density at radius 1 is 1.18 bits per heavy atom. The molecule has 1 amide bonds. The van der Waals surface area contributed by atoms with Gasteiger partial charge >= 0.3 is 0 Å². The summed E-state index contributed by atoms with van der Waals surface area (Å²) in [4.78, 5) is 12.5. The van der Waals surface area contributed by atoms with E-state index in [1.54, 1.807) is 44.4 Å². The molecule has 33 heavy (non-hydrogen) atoms. The Balaban J connectivity index is 1.79. The molecule has 174 valence electrons. The number of carbonyl (C=O) groups is 1. The molecule has 0 aliphatic heterocycles. The number of phenols is 1. The van der Waals surface area contributed by atoms with Gasteiger partial charge in [-0.2, -0.15) is 0 Å². The number of hydrogen-bond acceptors (Lipinski definition) is 3. The van der Waals surface area contributed by atoms with Crippen molar-refractivity contribution in [1.29, 1.82) is 0 Å². The molecule has 0 aromatic heterocycles. The van der Waals surface area contributed by atoms with Crippen molar-refractivity contribution in [3.63, 3.8) is 0 Å². The second kappa shape index (κ2) is 10.1. The van der Waals surface area contributed by atoms with Crippen molar-refractivity contribution < 1.29 is 19.0 Å². The molecule has 2 aromatic rings. The molecule has 2 aromatic carbocycles. The van der Waals surface area contributed by atoms with Crippen LogP contribution in [0.1, 0.15) is 62.9 Å². The van der Waals surface area contributed by atoms with Gasteiger partial charge in [-0.25, -0.2) is 4.39 Å². The molecule has 0 saturated heterocycles. The zero-order valence-electron chi connectivity index (χ0n) is 20.0. The number of hydrogen-bond donors (Lipinski definition) is 2. The normalized spacial score (nSPS) is 16.5. The number of nitrogens with one attached hydrogen (secondary N) is 1. The minimum absolute atomic E-state index is 0.0618. The Bertz CT molecular complexity index is 1120. The van der Waals surface area contributed by atoms with Crippen LogP contribution < -0.4 is 10.1 Å². The highest BCUT2D eigenvalue weighted by Crippen LogP contribution is 2.41. The van der Waals surface area contributed by atoms with Crippen molar-refractivity contribution in [3.05, 3.63) is 82.5 Å². The molecule has 5 heteroatoms. The number of rotatable bonds is 6. The van der Waals surface area contributed by atoms with E-state index >= 15 is 4.39 Å². The fourth-order valence-corrected chi connectivity index (χ4v) is 4.24. The van der Waals surface area contributed by atoms with E-state index in [0.29, 0.717) is 17.0 Å². The predicted octanol–water partition coefficient (Wildman–Crippen LogP) is 7.44. The summed E-state index contributed by atoms with van der Waals surface area (Å²) in [7, 11) is 1.57. The first-order valence-corrected chi connectivity index (χ1v) is 11.2. The fraction of sp³-hybridized carbons (Fsp3) is 0.321. The molecule has 2 N–H and O–H groups in total. The van der Waals surface area contributed by atoms with E-state index in [-0.39, 0.29) is 22.3 Å². The van der Waals surface area contributed by atoms with Gasteiger partial charge in [0.2, 0.25) is 0 Å². The number of phenolic OH excluding ortho intramolecular Hbond substituents is 1. The minimum atomic E-state index is -0.516. The first kappa shape index (κ1) is 24.3. The smallest absolute Gasteiger partial charge is 0.255 e. The van der Waals surface area contributed by atoms with Crippen molar-refractivity contribution in [2.75, 3.05) is 12.4 Å². The van der Waals surface area contributed by atoms with E-state index in [4.69, 9.17) is 4.74 Å². The Kier molecular flexibility index (Phi) is 7.42. The van der Waals surface area contributed by atoms with Crippen LogP contribution in [-0.4, -0.2) is 18.1 Å². The van der Waals surface area contributed by atoms with Crippen LogP contribution in [0.3, 0.4) is 0 Å². The summed E-state index contributed by atoms with van der Waals surface area (Å²) >= 11 is 0. The number of aromatic hydroxyl groups is 1. The molecule has 0 unspecified atom stereocenters. The molecule has 0 fully saturated rings. The largest absolute Gasteiger partial charge is 0.507 e. The van der Waals surface area contributed by atoms with Crippen LogP contribution in [0.15, 0.2) is 71.3 Å². The Labute approximate surface area is 195 Å². The van der Waals surface area contributed by atoms with Gasteiger partial charge in [-0.3, -0.25) is 4.79 Å². The number of amides is 1. The Morgan fingerprint density at radius 3 is 2.48 bits per heavy atom. The molecule has 1 aliphatic carbocycles. The highest BCUT2D eigenvalue weighted by Gasteiger charge is 2.26. The lowest BCUT2D eigenvalue weighted by molar-refractivity contribution is 0.102. The molecule has 0 spiro atoms. The number of ether oxygens (including phenoxy) is 1. The Morgan fingerprint density at radius 2 is 1.88 bits per heavy atom. The molecule has 0 bridgehead atoms. The van der Waals surface area contributed by atoms with Crippen molar-refractivity contribution in [2.45, 2.75) is 47.0 Å². The zero-order chi connectivity index (χ0) is 24.2. The minimum Gasteiger partial charge on any atom is -0.507 e. The van der Waals surface area contributed by atoms with Crippen molar-refractivity contribution in [2.24, 2.45) is 5.41 Å². The van der Waals surface area contributed by atoms with Gasteiger partial charge in [0.1, 0.15) is 17.3 Å². The van der Waals surface area contributed by atoms with E-state index in [0.717, 1.165) is 12.8 Å². The van der Waals surface area contributed by atoms with Crippen LogP contribution >= 0.6 is 0 Å². The highest BCUT2D eigenvalue weighted by molar-refractivity contribution is 6.04. The van der Waals surface area contributed by atoms with E-state index in [1.807, 2.05) is 6.08 Å². The summed E-state index contributed by atoms with van der Waals surface area (Å²) in [6.45, 7) is 8.25. The SMILES string of the molecule is COc1ccc(NC(=O)c2ccc(/C(F)=C(C)/C=C/C3=C(C)CCCC3(C)C)c(O)c2)cc1. The van der Waals surface area contributed by atoms with Gasteiger partial charge in [0.05, 0.1) is 12.7 Å². The van der Waals surface area contributed by atoms with Crippen LogP contribution in [0.2, 0.25) is 0 Å². The van der Waals surface area contributed by atoms with Gasteiger partial charge in [-0.05, 0) is 92.1 Å². The van der Waals surface area contributed by atoms with E-state index in [9.17, 15) is 9.90 Å². The second-order valence-electron chi connectivity index (χ2n) is 9.18. The summed E-state index contributed by atoms with van der Waals surface area (Å²) < 4.78 is 20.2. The molecule has 4 nitrogen and oxygen atoms in total. The van der Waals surface area contributed by atoms with E-state index in [1.165, 1.54) is 35.8 Å². The third-order valence-corrected chi connectivity index (χ3v) is 6.23. The maximum Gasteiger partial charge on any atom is 0.255 e. The summed E-state index contributed by atoms with van der Waals surface area (Å²) in [6, 6.07) is 11.1. The van der Waals surface area contributed by atoms with Crippen LogP contribution in [-0.2, 0) is 0 Å². The first-order chi connectivity index (χ1) is 15.6. The van der Waals surface area contributed by atoms with E-state index < -0.39 is 11.7 Å². The van der Waals surface area contributed by atoms with Crippen molar-refractivity contribution >= 4 is 17.4 Å². The molecular formula is C28H32FNO3. The zero-order valence-corrected chi connectivity index (χ0v) is 20.0. The number of benzene rings is 2. The number of carbonyl (C=O) groups excluding carboxylic acids is 1. The molecule has 0 heterocycles. The fourth-order valence-electron chi connectivity index (χ4n) is 4.24. The van der Waals surface area contributed by atoms with Gasteiger partial charge in [0, 0.05) is 11.3 Å². The molecule has 1 aliphatic rings. The standard InChI is InChI=1S/C28H32FNO3/c1-18-7-6-16-28(3,4)24(18)15-8-19(2)26(29)23-14-9-20(17-25(23)31)27(32)30-21-10-12-22(33-5)13-11-21/h8-15,17,31H,6-7,16H2,1-5H3,(H,30,32)/b15-8+,26-19-. The third-order valence-electron chi connectivity index (χ3n) is 6.23. The monoisotopic (exact) mass is 449 g/mol. The van der Waals surface area contributed by atoms with Crippen molar-refractivity contribution in [3.8, 4) is 11.5 Å². The lowest BCUT2D eigenvalue weighted by Gasteiger charge is -2.33. The maximum atomic E-state index is 15.1. The number of methoxy groups -OCH3 is 1. The van der Waals surface area contributed by atoms with Gasteiger partial charge in [-0.15, -0.1) is 0 Å². The third kappa shape index (κ3) is 5.72. The first-order valence-electron chi connectivity index (χ1n) is 11.2. The number of allylic oxidation sites excluding steroid dienone is 5. The maximum absolute atomic E-state index is 15.1. The molecule has 3 rings (SSSR count). The Hall–Kier alpha value is -3.34. The number of anilines is 1. The summed E-state index contributed by atoms with van der Waals surface area (Å²) in [5, 5.41) is 13.2. The topological polar surface area (TPSA) is 58.6 Å². The molecule has 0 saturated carbocycles. The quantitative estimate of drug-likeness (QED) is 0.451. The lowest BCUT2D eigenvalue weighted by atomic mass is 9.72. The summed E-state index contributed by atoms with van der Waals surface area (Å²) in [6.07, 6.45) is 7.11. The highest BCUT2D eigenvalue weighted by atomic mass is 19.1. The molecular weight excluding hydrogens is 417 g/mol. The molecule has 0 atom stereocenters. The summed E-state index contributed by atoms with van der Waals surface area (Å²) in [5.74, 6) is -0.515. The van der Waals surface area contributed by atoms with Gasteiger partial charge in [0.25, 0.3) is 5.91 Å². The average molecular weight is 450 g/mol. The average Bonchev–Trinajstić information content (AvgIpc) is 2.78. The second-order valence-corrected chi connectivity index (χ2v) is 9.18. The predicted molar refractivity (Wildman–Crippen MR) is 132 cm³/mol. The van der Waals surface area contributed by atoms with Crippen LogP contribution in [0.25, 0.3) is 5.83 Å². The van der Waals surface area contributed by atoms with Crippen molar-refractivity contribution in [1.82, 2.24) is 0 Å². The van der Waals surface area contributed by atoms with Gasteiger partial charge < -0.3 is 15.2 Å². The summed E-state index contributed by atoms with van der Waals surface area (Å²) in [5.41, 5.74) is 3.96. The lowest BCUT2D eigenvalue weighted by Crippen LogP contribution is -2.19. The van der Waals surface area contributed by atoms with E-state index in [2.05, 4.69) is 26.1 Å². The van der Waals surface area contributed by atoms with Gasteiger partial charge in [0.15, 0.2) is 0 Å².